The molecule has 0 bridgehead atoms. The summed E-state index contributed by atoms with van der Waals surface area (Å²) in [5.41, 5.74) is 6.73. The van der Waals surface area contributed by atoms with Gasteiger partial charge < -0.3 is 5.73 Å². The SMILES string of the molecule is Cc1ncc(CNS(=O)(=O)c2cc(C(N)=S)ccc2C)s1. The Morgan fingerprint density at radius 2 is 2.14 bits per heavy atom. The van der Waals surface area contributed by atoms with Crippen LogP contribution in [-0.2, 0) is 16.6 Å². The van der Waals surface area contributed by atoms with Gasteiger partial charge in [0.1, 0.15) is 4.99 Å². The van der Waals surface area contributed by atoms with E-state index in [4.69, 9.17) is 18.0 Å². The number of thiazole rings is 1. The molecule has 0 aliphatic heterocycles. The number of thiocarbonyl (C=S) groups is 1. The summed E-state index contributed by atoms with van der Waals surface area (Å²) in [6, 6.07) is 4.90. The average Bonchev–Trinajstić information content (AvgIpc) is 2.82. The van der Waals surface area contributed by atoms with Crippen molar-refractivity contribution in [3.05, 3.63) is 45.4 Å². The number of nitrogens with one attached hydrogen (secondary N) is 1. The zero-order valence-electron chi connectivity index (χ0n) is 11.6. The fourth-order valence-electron chi connectivity index (χ4n) is 1.77. The first-order valence-corrected chi connectivity index (χ1v) is 8.82. The molecule has 1 heterocycles. The highest BCUT2D eigenvalue weighted by molar-refractivity contribution is 7.89. The smallest absolute Gasteiger partial charge is 0.241 e. The van der Waals surface area contributed by atoms with Crippen LogP contribution < -0.4 is 10.5 Å². The quantitative estimate of drug-likeness (QED) is 0.811. The van der Waals surface area contributed by atoms with Crippen molar-refractivity contribution in [3.63, 3.8) is 0 Å². The third kappa shape index (κ3) is 3.85. The van der Waals surface area contributed by atoms with Crippen LogP contribution in [0.1, 0.15) is 21.0 Å². The van der Waals surface area contributed by atoms with Crippen molar-refractivity contribution in [1.82, 2.24) is 9.71 Å². The Hall–Kier alpha value is -1.35. The molecule has 5 nitrogen and oxygen atoms in total. The summed E-state index contributed by atoms with van der Waals surface area (Å²) < 4.78 is 27.4. The van der Waals surface area contributed by atoms with E-state index in [1.807, 2.05) is 6.92 Å². The number of benzene rings is 1. The second kappa shape index (κ2) is 6.18. The molecule has 1 aromatic carbocycles. The summed E-state index contributed by atoms with van der Waals surface area (Å²) >= 11 is 6.34. The number of sulfonamides is 1. The lowest BCUT2D eigenvalue weighted by Crippen LogP contribution is -2.24. The number of aryl methyl sites for hydroxylation is 2. The molecule has 0 amide bonds. The Bertz CT molecular complexity index is 782. The van der Waals surface area contributed by atoms with E-state index in [0.29, 0.717) is 11.1 Å². The molecular formula is C13H15N3O2S3. The van der Waals surface area contributed by atoms with Crippen LogP contribution in [-0.4, -0.2) is 18.4 Å². The molecule has 0 radical (unpaired) electrons. The van der Waals surface area contributed by atoms with Gasteiger partial charge in [0, 0.05) is 23.2 Å². The van der Waals surface area contributed by atoms with E-state index in [0.717, 1.165) is 9.88 Å². The summed E-state index contributed by atoms with van der Waals surface area (Å²) in [5, 5.41) is 0.899. The minimum absolute atomic E-state index is 0.171. The van der Waals surface area contributed by atoms with E-state index in [-0.39, 0.29) is 16.4 Å². The summed E-state index contributed by atoms with van der Waals surface area (Å²) in [6.07, 6.45) is 1.67. The van der Waals surface area contributed by atoms with Gasteiger partial charge in [-0.3, -0.25) is 0 Å². The first-order valence-electron chi connectivity index (χ1n) is 6.11. The fourth-order valence-corrected chi connectivity index (χ4v) is 4.00. The fraction of sp³-hybridized carbons (Fsp3) is 0.231. The standard InChI is InChI=1S/C13H15N3O2S3/c1-8-3-4-10(13(14)19)5-12(8)21(17,18)16-7-11-6-15-9(2)20-11/h3-6,16H,7H2,1-2H3,(H2,14,19). The maximum absolute atomic E-state index is 12.4. The first kappa shape index (κ1) is 16.0. The average molecular weight is 341 g/mol. The van der Waals surface area contributed by atoms with Gasteiger partial charge >= 0.3 is 0 Å². The molecule has 0 aliphatic carbocycles. The molecule has 21 heavy (non-hydrogen) atoms. The van der Waals surface area contributed by atoms with E-state index in [1.165, 1.54) is 17.4 Å². The molecule has 0 saturated carbocycles. The van der Waals surface area contributed by atoms with E-state index in [2.05, 4.69) is 9.71 Å². The zero-order valence-corrected chi connectivity index (χ0v) is 14.0. The largest absolute Gasteiger partial charge is 0.389 e. The third-order valence-corrected chi connectivity index (χ3v) is 5.56. The molecule has 1 aromatic heterocycles. The van der Waals surface area contributed by atoms with Crippen molar-refractivity contribution in [2.75, 3.05) is 0 Å². The summed E-state index contributed by atoms with van der Waals surface area (Å²) in [5.74, 6) is 0. The minimum atomic E-state index is -3.62. The molecule has 2 aromatic rings. The Balaban J connectivity index is 2.26. The van der Waals surface area contributed by atoms with Gasteiger partial charge in [-0.2, -0.15) is 0 Å². The van der Waals surface area contributed by atoms with Crippen LogP contribution in [0.2, 0.25) is 0 Å². The molecule has 0 unspecified atom stereocenters. The van der Waals surface area contributed by atoms with Crippen LogP contribution >= 0.6 is 23.6 Å². The summed E-state index contributed by atoms with van der Waals surface area (Å²) in [7, 11) is -3.62. The number of rotatable bonds is 5. The van der Waals surface area contributed by atoms with Crippen LogP contribution in [0.15, 0.2) is 29.3 Å². The topological polar surface area (TPSA) is 85.1 Å². The molecular weight excluding hydrogens is 326 g/mol. The zero-order chi connectivity index (χ0) is 15.6. The predicted molar refractivity (Wildman–Crippen MR) is 87.9 cm³/mol. The van der Waals surface area contributed by atoms with Crippen LogP contribution in [0.4, 0.5) is 0 Å². The van der Waals surface area contributed by atoms with Gasteiger partial charge in [-0.15, -0.1) is 11.3 Å². The second-order valence-corrected chi connectivity index (χ2v) is 8.01. The van der Waals surface area contributed by atoms with E-state index < -0.39 is 10.0 Å². The first-order chi connectivity index (χ1) is 9.79. The minimum Gasteiger partial charge on any atom is -0.389 e. The molecule has 0 atom stereocenters. The second-order valence-electron chi connectivity index (χ2n) is 4.51. The summed E-state index contributed by atoms with van der Waals surface area (Å²) in [6.45, 7) is 3.82. The Labute approximate surface area is 133 Å². The summed E-state index contributed by atoms with van der Waals surface area (Å²) in [4.78, 5) is 5.32. The molecule has 0 spiro atoms. The Morgan fingerprint density at radius 1 is 1.43 bits per heavy atom. The number of nitrogens with two attached hydrogens (primary N) is 1. The highest BCUT2D eigenvalue weighted by Gasteiger charge is 2.18. The lowest BCUT2D eigenvalue weighted by molar-refractivity contribution is 0.581. The molecule has 0 fully saturated rings. The number of nitrogens with zero attached hydrogens (tertiary/aromatic N) is 1. The van der Waals surface area contributed by atoms with E-state index in [1.54, 1.807) is 25.3 Å². The third-order valence-electron chi connectivity index (χ3n) is 2.87. The maximum Gasteiger partial charge on any atom is 0.241 e. The normalized spacial score (nSPS) is 11.5. The lowest BCUT2D eigenvalue weighted by atomic mass is 10.1. The van der Waals surface area contributed by atoms with Gasteiger partial charge in [-0.1, -0.05) is 24.4 Å². The maximum atomic E-state index is 12.4. The van der Waals surface area contributed by atoms with Gasteiger partial charge in [0.25, 0.3) is 0 Å². The Morgan fingerprint density at radius 3 is 2.71 bits per heavy atom. The van der Waals surface area contributed by atoms with E-state index in [9.17, 15) is 8.42 Å². The van der Waals surface area contributed by atoms with Crippen LogP contribution in [0.5, 0.6) is 0 Å². The highest BCUT2D eigenvalue weighted by atomic mass is 32.2. The van der Waals surface area contributed by atoms with Crippen molar-refractivity contribution >= 4 is 38.6 Å². The molecule has 3 N–H and O–H groups in total. The Kier molecular flexibility index (Phi) is 4.72. The number of hydrogen-bond acceptors (Lipinski definition) is 5. The van der Waals surface area contributed by atoms with Crippen LogP contribution in [0, 0.1) is 13.8 Å². The highest BCUT2D eigenvalue weighted by Crippen LogP contribution is 2.18. The molecule has 8 heteroatoms. The molecule has 0 aliphatic rings. The number of aromatic nitrogens is 1. The van der Waals surface area contributed by atoms with Crippen molar-refractivity contribution < 1.29 is 8.42 Å². The van der Waals surface area contributed by atoms with Gasteiger partial charge in [-0.05, 0) is 25.5 Å². The lowest BCUT2D eigenvalue weighted by Gasteiger charge is -2.10. The van der Waals surface area contributed by atoms with Crippen molar-refractivity contribution in [3.8, 4) is 0 Å². The van der Waals surface area contributed by atoms with Gasteiger partial charge in [0.05, 0.1) is 9.90 Å². The molecule has 0 saturated heterocycles. The van der Waals surface area contributed by atoms with Crippen LogP contribution in [0.25, 0.3) is 0 Å². The van der Waals surface area contributed by atoms with Gasteiger partial charge in [-0.25, -0.2) is 18.1 Å². The van der Waals surface area contributed by atoms with E-state index >= 15 is 0 Å². The van der Waals surface area contributed by atoms with Gasteiger partial charge in [0.15, 0.2) is 0 Å². The number of hydrogen-bond donors (Lipinski definition) is 2. The van der Waals surface area contributed by atoms with Crippen molar-refractivity contribution in [1.29, 1.82) is 0 Å². The predicted octanol–water partition coefficient (Wildman–Crippen LogP) is 1.87. The van der Waals surface area contributed by atoms with Crippen molar-refractivity contribution in [2.24, 2.45) is 5.73 Å². The van der Waals surface area contributed by atoms with Crippen molar-refractivity contribution in [2.45, 2.75) is 25.3 Å². The van der Waals surface area contributed by atoms with Gasteiger partial charge in [0.2, 0.25) is 10.0 Å². The molecule has 112 valence electrons. The van der Waals surface area contributed by atoms with Crippen LogP contribution in [0.3, 0.4) is 0 Å². The monoisotopic (exact) mass is 341 g/mol. The molecule has 2 rings (SSSR count).